The van der Waals surface area contributed by atoms with Crippen LogP contribution in [0.1, 0.15) is 48.5 Å². The molecule has 0 saturated carbocycles. The van der Waals surface area contributed by atoms with Gasteiger partial charge in [-0.25, -0.2) is 4.79 Å². The van der Waals surface area contributed by atoms with Crippen molar-refractivity contribution < 1.29 is 57.1 Å². The largest absolute Gasteiger partial charge is 0.463 e. The van der Waals surface area contributed by atoms with Crippen LogP contribution in [-0.2, 0) is 47.6 Å². The molecule has 13 nitrogen and oxygen atoms in total. The standard InChI is InChI=1S/C25H33NO12/c1-13(27)32-12-19-20(33-14(2)28)21(34-15(3)29)22(35-16(4)30)23(37-19)36-18-10-8-17(9-11-18)26-24(31)38-25(5,6)7/h8-11,19-23H,12H2,1-7H3,(H,26,31)/t19-,20+,21+,22-,23-/m1/s1. The summed E-state index contributed by atoms with van der Waals surface area (Å²) in [6.07, 6.45) is -7.18. The minimum atomic E-state index is -1.37. The van der Waals surface area contributed by atoms with E-state index in [1.54, 1.807) is 20.8 Å². The Morgan fingerprint density at radius 3 is 1.82 bits per heavy atom. The molecule has 0 bridgehead atoms. The van der Waals surface area contributed by atoms with Crippen LogP contribution in [0.15, 0.2) is 24.3 Å². The number of carbonyl (C=O) groups is 5. The number of hydrogen-bond donors (Lipinski definition) is 1. The van der Waals surface area contributed by atoms with Crippen LogP contribution in [0.25, 0.3) is 0 Å². The smallest absolute Gasteiger partial charge is 0.412 e. The van der Waals surface area contributed by atoms with Crippen LogP contribution >= 0.6 is 0 Å². The summed E-state index contributed by atoms with van der Waals surface area (Å²) in [6, 6.07) is 6.07. The number of anilines is 1. The van der Waals surface area contributed by atoms with Crippen molar-refractivity contribution in [2.75, 3.05) is 11.9 Å². The molecule has 1 aliphatic rings. The number of esters is 4. The number of nitrogens with one attached hydrogen (secondary N) is 1. The predicted molar refractivity (Wildman–Crippen MR) is 129 cm³/mol. The molecule has 210 valence electrons. The Morgan fingerprint density at radius 2 is 1.32 bits per heavy atom. The van der Waals surface area contributed by atoms with E-state index in [0.29, 0.717) is 5.69 Å². The average Bonchev–Trinajstić information content (AvgIpc) is 2.75. The normalized spacial score (nSPS) is 22.9. The Labute approximate surface area is 220 Å². The summed E-state index contributed by atoms with van der Waals surface area (Å²) >= 11 is 0. The summed E-state index contributed by atoms with van der Waals surface area (Å²) in [5.41, 5.74) is -0.268. The van der Waals surface area contributed by atoms with E-state index in [2.05, 4.69) is 5.32 Å². The predicted octanol–water partition coefficient (Wildman–Crippen LogP) is 2.50. The summed E-state index contributed by atoms with van der Waals surface area (Å²) in [5, 5.41) is 2.58. The second-order valence-corrected chi connectivity index (χ2v) is 9.34. The lowest BCUT2D eigenvalue weighted by atomic mass is 9.98. The van der Waals surface area contributed by atoms with Crippen LogP contribution in [0.2, 0.25) is 0 Å². The van der Waals surface area contributed by atoms with E-state index in [9.17, 15) is 24.0 Å². The second kappa shape index (κ2) is 13.1. The molecule has 1 heterocycles. The first kappa shape index (κ1) is 30.4. The van der Waals surface area contributed by atoms with Gasteiger partial charge in [0.1, 0.15) is 24.1 Å². The third-order valence-corrected chi connectivity index (χ3v) is 4.70. The lowest BCUT2D eigenvalue weighted by Gasteiger charge is -2.43. The first-order valence-electron chi connectivity index (χ1n) is 11.7. The van der Waals surface area contributed by atoms with Crippen molar-refractivity contribution >= 4 is 35.7 Å². The van der Waals surface area contributed by atoms with Crippen molar-refractivity contribution in [2.24, 2.45) is 0 Å². The third kappa shape index (κ3) is 9.88. The van der Waals surface area contributed by atoms with Crippen LogP contribution in [0, 0.1) is 0 Å². The van der Waals surface area contributed by atoms with Crippen LogP contribution in [0.5, 0.6) is 5.75 Å². The van der Waals surface area contributed by atoms with E-state index in [4.69, 9.17) is 33.2 Å². The van der Waals surface area contributed by atoms with Crippen molar-refractivity contribution in [3.05, 3.63) is 24.3 Å². The van der Waals surface area contributed by atoms with Crippen LogP contribution in [-0.4, -0.2) is 72.9 Å². The molecule has 1 N–H and O–H groups in total. The average molecular weight is 540 g/mol. The zero-order valence-corrected chi connectivity index (χ0v) is 22.3. The minimum absolute atomic E-state index is 0.223. The molecular weight excluding hydrogens is 506 g/mol. The fraction of sp³-hybridized carbons (Fsp3) is 0.560. The molecule has 1 aliphatic heterocycles. The van der Waals surface area contributed by atoms with Gasteiger partial charge in [0.25, 0.3) is 0 Å². The number of hydrogen-bond acceptors (Lipinski definition) is 12. The van der Waals surface area contributed by atoms with Crippen molar-refractivity contribution in [1.82, 2.24) is 0 Å². The van der Waals surface area contributed by atoms with Crippen molar-refractivity contribution in [2.45, 2.75) is 84.8 Å². The Hall–Kier alpha value is -3.87. The summed E-state index contributed by atoms with van der Waals surface area (Å²) in [4.78, 5) is 59.1. The molecule has 0 spiro atoms. The Bertz CT molecular complexity index is 1020. The molecule has 1 saturated heterocycles. The maximum absolute atomic E-state index is 12.0. The maximum Gasteiger partial charge on any atom is 0.412 e. The Kier molecular flexibility index (Phi) is 10.5. The molecule has 0 radical (unpaired) electrons. The summed E-state index contributed by atoms with van der Waals surface area (Å²) in [7, 11) is 0. The number of benzene rings is 1. The van der Waals surface area contributed by atoms with E-state index >= 15 is 0 Å². The Morgan fingerprint density at radius 1 is 0.789 bits per heavy atom. The number of ether oxygens (including phenoxy) is 7. The lowest BCUT2D eigenvalue weighted by Crippen LogP contribution is -2.63. The van der Waals surface area contributed by atoms with E-state index in [1.807, 2.05) is 0 Å². The SMILES string of the molecule is CC(=O)OC[C@H]1O[C@@H](Oc2ccc(NC(=O)OC(C)(C)C)cc2)[C@H](OC(C)=O)[C@@H](OC(C)=O)[C@H]1OC(C)=O. The first-order valence-corrected chi connectivity index (χ1v) is 11.7. The molecule has 1 aromatic carbocycles. The highest BCUT2D eigenvalue weighted by Gasteiger charge is 2.53. The highest BCUT2D eigenvalue weighted by molar-refractivity contribution is 5.84. The van der Waals surface area contributed by atoms with Crippen molar-refractivity contribution in [1.29, 1.82) is 0 Å². The summed E-state index contributed by atoms with van der Waals surface area (Å²) in [5.74, 6) is -2.65. The van der Waals surface area contributed by atoms with Crippen LogP contribution < -0.4 is 10.1 Å². The zero-order valence-electron chi connectivity index (χ0n) is 22.3. The van der Waals surface area contributed by atoms with Gasteiger partial charge in [0.15, 0.2) is 12.2 Å². The highest BCUT2D eigenvalue weighted by atomic mass is 16.7. The summed E-state index contributed by atoms with van der Waals surface area (Å²) in [6.45, 7) is 9.38. The molecule has 1 fully saturated rings. The number of amides is 1. The van der Waals surface area contributed by atoms with Gasteiger partial charge in [-0.1, -0.05) is 0 Å². The monoisotopic (exact) mass is 539 g/mol. The lowest BCUT2D eigenvalue weighted by molar-refractivity contribution is -0.288. The minimum Gasteiger partial charge on any atom is -0.463 e. The van der Waals surface area contributed by atoms with Crippen LogP contribution in [0.3, 0.4) is 0 Å². The van der Waals surface area contributed by atoms with Crippen LogP contribution in [0.4, 0.5) is 10.5 Å². The summed E-state index contributed by atoms with van der Waals surface area (Å²) < 4.78 is 38.1. The van der Waals surface area contributed by atoms with Gasteiger partial charge in [-0.05, 0) is 45.0 Å². The molecule has 5 atom stereocenters. The molecular formula is C25H33NO12. The molecule has 2 rings (SSSR count). The van der Waals surface area contributed by atoms with Gasteiger partial charge < -0.3 is 33.2 Å². The fourth-order valence-corrected chi connectivity index (χ4v) is 3.46. The zero-order chi connectivity index (χ0) is 28.6. The van der Waals surface area contributed by atoms with E-state index in [0.717, 1.165) is 20.8 Å². The third-order valence-electron chi connectivity index (χ3n) is 4.70. The first-order chi connectivity index (χ1) is 17.6. The molecule has 1 amide bonds. The van der Waals surface area contributed by atoms with Gasteiger partial charge >= 0.3 is 30.0 Å². The quantitative estimate of drug-likeness (QED) is 0.380. The second-order valence-electron chi connectivity index (χ2n) is 9.34. The van der Waals surface area contributed by atoms with Crippen molar-refractivity contribution in [3.63, 3.8) is 0 Å². The van der Waals surface area contributed by atoms with Crippen molar-refractivity contribution in [3.8, 4) is 5.75 Å². The molecule has 38 heavy (non-hydrogen) atoms. The number of carbonyl (C=O) groups excluding carboxylic acids is 5. The van der Waals surface area contributed by atoms with Gasteiger partial charge in [0.2, 0.25) is 12.4 Å². The molecule has 0 aliphatic carbocycles. The van der Waals surface area contributed by atoms with Gasteiger partial charge in [-0.3, -0.25) is 24.5 Å². The number of rotatable bonds is 8. The highest BCUT2D eigenvalue weighted by Crippen LogP contribution is 2.31. The van der Waals surface area contributed by atoms with E-state index < -0.39 is 66.3 Å². The van der Waals surface area contributed by atoms with E-state index in [1.165, 1.54) is 31.2 Å². The van der Waals surface area contributed by atoms with Gasteiger partial charge in [0, 0.05) is 33.4 Å². The molecule has 0 unspecified atom stereocenters. The molecule has 13 heteroatoms. The van der Waals surface area contributed by atoms with Gasteiger partial charge in [0.05, 0.1) is 0 Å². The van der Waals surface area contributed by atoms with Gasteiger partial charge in [-0.15, -0.1) is 0 Å². The van der Waals surface area contributed by atoms with Gasteiger partial charge in [-0.2, -0.15) is 0 Å². The topological polar surface area (TPSA) is 162 Å². The molecule has 0 aromatic heterocycles. The molecule has 1 aromatic rings. The fourth-order valence-electron chi connectivity index (χ4n) is 3.46. The Balaban J connectivity index is 2.33. The van der Waals surface area contributed by atoms with E-state index in [-0.39, 0.29) is 12.4 Å². The maximum atomic E-state index is 12.0.